The van der Waals surface area contributed by atoms with Crippen molar-refractivity contribution < 1.29 is 4.79 Å². The summed E-state index contributed by atoms with van der Waals surface area (Å²) in [4.78, 5) is 15.2. The Kier molecular flexibility index (Phi) is 4.37. The van der Waals surface area contributed by atoms with E-state index >= 15 is 0 Å². The van der Waals surface area contributed by atoms with Crippen LogP contribution in [0.5, 0.6) is 0 Å². The molecule has 1 aromatic heterocycles. The average molecular weight is 343 g/mol. The van der Waals surface area contributed by atoms with Crippen LogP contribution >= 0.6 is 27.3 Å². The van der Waals surface area contributed by atoms with E-state index in [0.717, 1.165) is 42.5 Å². The molecular formula is C14H19BrN2OS. The van der Waals surface area contributed by atoms with Gasteiger partial charge in [-0.15, -0.1) is 0 Å². The molecule has 2 aliphatic rings. The van der Waals surface area contributed by atoms with Crippen molar-refractivity contribution in [3.8, 4) is 0 Å². The van der Waals surface area contributed by atoms with Crippen molar-refractivity contribution in [2.24, 2.45) is 0 Å². The summed E-state index contributed by atoms with van der Waals surface area (Å²) in [5, 5.41) is 7.38. The molecule has 2 fully saturated rings. The average Bonchev–Trinajstić information content (AvgIpc) is 3.07. The first-order valence-electron chi connectivity index (χ1n) is 7.00. The Morgan fingerprint density at radius 2 is 2.11 bits per heavy atom. The van der Waals surface area contributed by atoms with Gasteiger partial charge in [0, 0.05) is 26.8 Å². The van der Waals surface area contributed by atoms with Crippen LogP contribution in [0.15, 0.2) is 15.2 Å². The Labute approximate surface area is 126 Å². The van der Waals surface area contributed by atoms with Crippen LogP contribution in [0, 0.1) is 0 Å². The number of nitrogens with one attached hydrogen (secondary N) is 1. The minimum Gasteiger partial charge on any atom is -0.317 e. The predicted octanol–water partition coefficient (Wildman–Crippen LogP) is 2.91. The second-order valence-corrected chi connectivity index (χ2v) is 6.97. The number of thiophene rings is 1. The Morgan fingerprint density at radius 1 is 1.32 bits per heavy atom. The lowest BCUT2D eigenvalue weighted by molar-refractivity contribution is 0.0783. The maximum Gasteiger partial charge on any atom is 0.181 e. The molecule has 0 aliphatic carbocycles. The highest BCUT2D eigenvalue weighted by molar-refractivity contribution is 9.10. The largest absolute Gasteiger partial charge is 0.317 e. The number of likely N-dealkylation sites (tertiary alicyclic amines) is 1. The zero-order valence-electron chi connectivity index (χ0n) is 10.9. The van der Waals surface area contributed by atoms with Crippen molar-refractivity contribution in [1.82, 2.24) is 10.2 Å². The number of nitrogens with zero attached hydrogens (tertiary/aromatic N) is 1. The summed E-state index contributed by atoms with van der Waals surface area (Å²) in [7, 11) is 0. The minimum absolute atomic E-state index is 0.106. The molecule has 3 heterocycles. The van der Waals surface area contributed by atoms with Crippen LogP contribution in [0.1, 0.15) is 36.0 Å². The van der Waals surface area contributed by atoms with Gasteiger partial charge in [0.2, 0.25) is 0 Å². The number of piperidine rings is 1. The van der Waals surface area contributed by atoms with E-state index in [1.807, 2.05) is 10.8 Å². The van der Waals surface area contributed by atoms with Gasteiger partial charge in [0.1, 0.15) is 0 Å². The van der Waals surface area contributed by atoms with E-state index in [2.05, 4.69) is 26.1 Å². The molecule has 1 N–H and O–H groups in total. The van der Waals surface area contributed by atoms with Crippen LogP contribution in [-0.4, -0.2) is 42.4 Å². The lowest BCUT2D eigenvalue weighted by Crippen LogP contribution is -2.47. The lowest BCUT2D eigenvalue weighted by Gasteiger charge is -2.35. The van der Waals surface area contributed by atoms with Gasteiger partial charge in [-0.1, -0.05) is 0 Å². The fourth-order valence-corrected chi connectivity index (χ4v) is 4.76. The monoisotopic (exact) mass is 342 g/mol. The van der Waals surface area contributed by atoms with Gasteiger partial charge in [0.05, 0.1) is 6.04 Å². The van der Waals surface area contributed by atoms with Gasteiger partial charge < -0.3 is 5.32 Å². The second kappa shape index (κ2) is 6.04. The third-order valence-corrected chi connectivity index (χ3v) is 5.96. The molecule has 2 saturated heterocycles. The van der Waals surface area contributed by atoms with Crippen molar-refractivity contribution in [2.75, 3.05) is 19.6 Å². The summed E-state index contributed by atoms with van der Waals surface area (Å²) < 4.78 is 0.958. The highest BCUT2D eigenvalue weighted by Gasteiger charge is 2.36. The quantitative estimate of drug-likeness (QED) is 0.857. The number of Topliss-reactive ketones (excluding diaryl/α,β-unsaturated/α-hetero) is 1. The molecule has 2 aliphatic heterocycles. The number of carbonyl (C=O) groups is 1. The molecular weight excluding hydrogens is 324 g/mol. The van der Waals surface area contributed by atoms with E-state index in [0.29, 0.717) is 11.8 Å². The SMILES string of the molecule is O=C(c1cscc1Br)C1CCCN1C1CCNCC1. The van der Waals surface area contributed by atoms with Crippen LogP contribution in [-0.2, 0) is 0 Å². The zero-order valence-corrected chi connectivity index (χ0v) is 13.3. The summed E-state index contributed by atoms with van der Waals surface area (Å²) >= 11 is 5.08. The van der Waals surface area contributed by atoms with Gasteiger partial charge in [0.15, 0.2) is 5.78 Å². The zero-order chi connectivity index (χ0) is 13.2. The van der Waals surface area contributed by atoms with Gasteiger partial charge in [-0.05, 0) is 61.2 Å². The third kappa shape index (κ3) is 2.79. The second-order valence-electron chi connectivity index (χ2n) is 5.37. The molecule has 1 unspecified atom stereocenters. The first-order valence-corrected chi connectivity index (χ1v) is 8.73. The number of halogens is 1. The highest BCUT2D eigenvalue weighted by atomic mass is 79.9. The lowest BCUT2D eigenvalue weighted by atomic mass is 10.00. The normalized spacial score (nSPS) is 25.8. The van der Waals surface area contributed by atoms with Crippen molar-refractivity contribution in [3.63, 3.8) is 0 Å². The fraction of sp³-hybridized carbons (Fsp3) is 0.643. The molecule has 3 rings (SSSR count). The van der Waals surface area contributed by atoms with E-state index in [1.165, 1.54) is 12.8 Å². The van der Waals surface area contributed by atoms with E-state index in [4.69, 9.17) is 0 Å². The summed E-state index contributed by atoms with van der Waals surface area (Å²) in [6.07, 6.45) is 4.52. The number of rotatable bonds is 3. The molecule has 104 valence electrons. The van der Waals surface area contributed by atoms with Gasteiger partial charge >= 0.3 is 0 Å². The Balaban J connectivity index is 1.75. The molecule has 0 radical (unpaired) electrons. The number of carbonyl (C=O) groups excluding carboxylic acids is 1. The van der Waals surface area contributed by atoms with Crippen LogP contribution in [0.25, 0.3) is 0 Å². The third-order valence-electron chi connectivity index (χ3n) is 4.25. The van der Waals surface area contributed by atoms with Gasteiger partial charge in [-0.3, -0.25) is 9.69 Å². The molecule has 1 atom stereocenters. The minimum atomic E-state index is 0.106. The maximum atomic E-state index is 12.7. The molecule has 5 heteroatoms. The molecule has 3 nitrogen and oxygen atoms in total. The summed E-state index contributed by atoms with van der Waals surface area (Å²) in [6, 6.07) is 0.698. The van der Waals surface area contributed by atoms with Crippen LogP contribution in [0.4, 0.5) is 0 Å². The topological polar surface area (TPSA) is 32.3 Å². The molecule has 1 aromatic rings. The van der Waals surface area contributed by atoms with Crippen LogP contribution in [0.2, 0.25) is 0 Å². The van der Waals surface area contributed by atoms with Gasteiger partial charge in [-0.25, -0.2) is 0 Å². The molecule has 0 bridgehead atoms. The first-order chi connectivity index (χ1) is 9.27. The smallest absolute Gasteiger partial charge is 0.181 e. The predicted molar refractivity (Wildman–Crippen MR) is 82.0 cm³/mol. The van der Waals surface area contributed by atoms with Crippen molar-refractivity contribution >= 4 is 33.0 Å². The van der Waals surface area contributed by atoms with Crippen LogP contribution < -0.4 is 5.32 Å². The fourth-order valence-electron chi connectivity index (χ4n) is 3.28. The Bertz CT molecular complexity index is 456. The van der Waals surface area contributed by atoms with Crippen molar-refractivity contribution in [3.05, 3.63) is 20.8 Å². The number of ketones is 1. The molecule has 0 aromatic carbocycles. The standard InChI is InChI=1S/C14H19BrN2OS/c15-12-9-19-8-11(12)14(18)13-2-1-7-17(13)10-3-5-16-6-4-10/h8-10,13,16H,1-7H2. The first kappa shape index (κ1) is 13.7. The van der Waals surface area contributed by atoms with E-state index in [1.54, 1.807) is 11.3 Å². The van der Waals surface area contributed by atoms with E-state index < -0.39 is 0 Å². The number of hydrogen-bond acceptors (Lipinski definition) is 4. The maximum absolute atomic E-state index is 12.7. The molecule has 0 saturated carbocycles. The van der Waals surface area contributed by atoms with Gasteiger partial charge in [-0.2, -0.15) is 11.3 Å². The number of hydrogen-bond donors (Lipinski definition) is 1. The van der Waals surface area contributed by atoms with E-state index in [-0.39, 0.29) is 6.04 Å². The van der Waals surface area contributed by atoms with E-state index in [9.17, 15) is 4.79 Å². The Morgan fingerprint density at radius 3 is 2.79 bits per heavy atom. The molecule has 19 heavy (non-hydrogen) atoms. The summed E-state index contributed by atoms with van der Waals surface area (Å²) in [6.45, 7) is 3.26. The Hall–Kier alpha value is -0.230. The summed E-state index contributed by atoms with van der Waals surface area (Å²) in [5.41, 5.74) is 0.871. The molecule has 0 spiro atoms. The van der Waals surface area contributed by atoms with Crippen molar-refractivity contribution in [1.29, 1.82) is 0 Å². The summed E-state index contributed by atoms with van der Waals surface area (Å²) in [5.74, 6) is 0.309. The van der Waals surface area contributed by atoms with Gasteiger partial charge in [0.25, 0.3) is 0 Å². The van der Waals surface area contributed by atoms with Crippen molar-refractivity contribution in [2.45, 2.75) is 37.8 Å². The molecule has 0 amide bonds. The van der Waals surface area contributed by atoms with Crippen LogP contribution in [0.3, 0.4) is 0 Å². The highest BCUT2D eigenvalue weighted by Crippen LogP contribution is 2.30.